The predicted molar refractivity (Wildman–Crippen MR) is 115 cm³/mol. The average molecular weight is 406 g/mol. The Bertz CT molecular complexity index is 955. The molecule has 156 valence electrons. The molecule has 7 nitrogen and oxygen atoms in total. The molecular weight excluding hydrogens is 378 g/mol. The molecular formula is C23H27N5O2. The molecule has 0 spiro atoms. The highest BCUT2D eigenvalue weighted by Gasteiger charge is 2.29. The van der Waals surface area contributed by atoms with Gasteiger partial charge in [0.05, 0.1) is 24.1 Å². The summed E-state index contributed by atoms with van der Waals surface area (Å²) in [6.45, 7) is 4.57. The van der Waals surface area contributed by atoms with Gasteiger partial charge in [-0.2, -0.15) is 5.10 Å². The Balaban J connectivity index is 1.37. The molecule has 1 fully saturated rings. The van der Waals surface area contributed by atoms with E-state index >= 15 is 0 Å². The monoisotopic (exact) mass is 405 g/mol. The van der Waals surface area contributed by atoms with Gasteiger partial charge in [0.25, 0.3) is 0 Å². The fourth-order valence-electron chi connectivity index (χ4n) is 3.72. The van der Waals surface area contributed by atoms with Crippen LogP contribution in [0.3, 0.4) is 0 Å². The molecule has 1 unspecified atom stereocenters. The highest BCUT2D eigenvalue weighted by molar-refractivity contribution is 5.94. The van der Waals surface area contributed by atoms with Gasteiger partial charge in [-0.3, -0.25) is 14.4 Å². The van der Waals surface area contributed by atoms with E-state index in [4.69, 9.17) is 4.74 Å². The van der Waals surface area contributed by atoms with Gasteiger partial charge in [-0.25, -0.2) is 4.98 Å². The van der Waals surface area contributed by atoms with Gasteiger partial charge in [0.1, 0.15) is 5.75 Å². The van der Waals surface area contributed by atoms with Crippen molar-refractivity contribution in [3.05, 3.63) is 66.6 Å². The van der Waals surface area contributed by atoms with Crippen molar-refractivity contribution < 1.29 is 9.53 Å². The molecule has 3 heterocycles. The van der Waals surface area contributed by atoms with Crippen molar-refractivity contribution in [2.24, 2.45) is 0 Å². The molecule has 1 aliphatic rings. The summed E-state index contributed by atoms with van der Waals surface area (Å²) in [7, 11) is 0. The zero-order valence-electron chi connectivity index (χ0n) is 17.2. The van der Waals surface area contributed by atoms with Gasteiger partial charge < -0.3 is 10.1 Å². The van der Waals surface area contributed by atoms with Gasteiger partial charge in [0.15, 0.2) is 0 Å². The molecule has 0 aliphatic carbocycles. The number of aromatic nitrogens is 3. The Hall–Kier alpha value is -3.19. The van der Waals surface area contributed by atoms with Gasteiger partial charge in [-0.05, 0) is 44.5 Å². The first-order chi connectivity index (χ1) is 14.7. The summed E-state index contributed by atoms with van der Waals surface area (Å²) < 4.78 is 7.63. The number of nitrogens with one attached hydrogen (secondary N) is 1. The number of rotatable bonds is 7. The number of benzene rings is 1. The standard InChI is InChI=1S/C23H27N5O2/c1-2-28-17-18(14-25-28)16-27-13-7-6-10-21(27)23(29)26-19-11-12-22(24-15-19)30-20-8-4-3-5-9-20/h3-5,8-9,11-12,14-15,17,21H,2,6-7,10,13,16H2,1H3,(H,26,29). The van der Waals surface area contributed by atoms with Crippen LogP contribution in [-0.2, 0) is 17.9 Å². The number of carbonyl (C=O) groups is 1. The predicted octanol–water partition coefficient (Wildman–Crippen LogP) is 4.08. The molecule has 0 saturated carbocycles. The van der Waals surface area contributed by atoms with Crippen LogP contribution in [0.4, 0.5) is 5.69 Å². The summed E-state index contributed by atoms with van der Waals surface area (Å²) in [6, 6.07) is 12.9. The number of amides is 1. The van der Waals surface area contributed by atoms with Crippen LogP contribution in [0, 0.1) is 0 Å². The van der Waals surface area contributed by atoms with Gasteiger partial charge in [0, 0.05) is 30.9 Å². The van der Waals surface area contributed by atoms with Crippen LogP contribution in [0.15, 0.2) is 61.1 Å². The fourth-order valence-corrected chi connectivity index (χ4v) is 3.72. The molecule has 1 aromatic carbocycles. The quantitative estimate of drug-likeness (QED) is 0.641. The third-order valence-corrected chi connectivity index (χ3v) is 5.28. The maximum Gasteiger partial charge on any atom is 0.241 e. The van der Waals surface area contributed by atoms with Crippen molar-refractivity contribution in [1.82, 2.24) is 19.7 Å². The normalized spacial score (nSPS) is 16.9. The molecule has 7 heteroatoms. The number of piperidine rings is 1. The number of carbonyl (C=O) groups excluding carboxylic acids is 1. The van der Waals surface area contributed by atoms with Crippen molar-refractivity contribution >= 4 is 11.6 Å². The van der Waals surface area contributed by atoms with Crippen molar-refractivity contribution in [2.75, 3.05) is 11.9 Å². The highest BCUT2D eigenvalue weighted by atomic mass is 16.5. The summed E-state index contributed by atoms with van der Waals surface area (Å²) in [5.41, 5.74) is 1.81. The van der Waals surface area contributed by atoms with Gasteiger partial charge in [-0.1, -0.05) is 24.6 Å². The molecule has 4 rings (SSSR count). The van der Waals surface area contributed by atoms with E-state index < -0.39 is 0 Å². The zero-order valence-corrected chi connectivity index (χ0v) is 17.2. The summed E-state index contributed by atoms with van der Waals surface area (Å²) in [5, 5.41) is 7.36. The Morgan fingerprint density at radius 1 is 1.17 bits per heavy atom. The summed E-state index contributed by atoms with van der Waals surface area (Å²) >= 11 is 0. The Kier molecular flexibility index (Phi) is 6.39. The van der Waals surface area contributed by atoms with E-state index in [1.165, 1.54) is 0 Å². The third kappa shape index (κ3) is 5.04. The van der Waals surface area contributed by atoms with Crippen LogP contribution in [0.1, 0.15) is 31.7 Å². The van der Waals surface area contributed by atoms with E-state index in [9.17, 15) is 4.79 Å². The van der Waals surface area contributed by atoms with Crippen molar-refractivity contribution in [1.29, 1.82) is 0 Å². The average Bonchev–Trinajstić information content (AvgIpc) is 3.24. The molecule has 1 N–H and O–H groups in total. The molecule has 1 aliphatic heterocycles. The third-order valence-electron chi connectivity index (χ3n) is 5.28. The number of pyridine rings is 1. The van der Waals surface area contributed by atoms with Crippen molar-refractivity contribution in [2.45, 2.75) is 45.3 Å². The minimum atomic E-state index is -0.149. The number of nitrogens with zero attached hydrogens (tertiary/aromatic N) is 4. The van der Waals surface area contributed by atoms with E-state index in [0.29, 0.717) is 11.6 Å². The number of ether oxygens (including phenoxy) is 1. The minimum Gasteiger partial charge on any atom is -0.439 e. The lowest BCUT2D eigenvalue weighted by atomic mass is 10.0. The lowest BCUT2D eigenvalue weighted by Crippen LogP contribution is -2.46. The molecule has 1 saturated heterocycles. The minimum absolute atomic E-state index is 0.0103. The van der Waals surface area contributed by atoms with Crippen LogP contribution in [0.2, 0.25) is 0 Å². The smallest absolute Gasteiger partial charge is 0.241 e. The molecule has 0 radical (unpaired) electrons. The van der Waals surface area contributed by atoms with E-state index in [1.54, 1.807) is 12.3 Å². The summed E-state index contributed by atoms with van der Waals surface area (Å²) in [4.78, 5) is 19.5. The van der Waals surface area contributed by atoms with Gasteiger partial charge >= 0.3 is 0 Å². The SMILES string of the molecule is CCn1cc(CN2CCCCC2C(=O)Nc2ccc(Oc3ccccc3)nc2)cn1. The molecule has 0 bridgehead atoms. The van der Waals surface area contributed by atoms with E-state index in [2.05, 4.69) is 33.4 Å². The van der Waals surface area contributed by atoms with Crippen LogP contribution in [-0.4, -0.2) is 38.2 Å². The number of aryl methyl sites for hydroxylation is 1. The lowest BCUT2D eigenvalue weighted by Gasteiger charge is -2.34. The topological polar surface area (TPSA) is 72.3 Å². The Morgan fingerprint density at radius 2 is 2.03 bits per heavy atom. The second-order valence-electron chi connectivity index (χ2n) is 7.48. The molecule has 1 amide bonds. The van der Waals surface area contributed by atoms with E-state index in [-0.39, 0.29) is 11.9 Å². The molecule has 30 heavy (non-hydrogen) atoms. The van der Waals surface area contributed by atoms with E-state index in [1.807, 2.05) is 47.3 Å². The fraction of sp³-hybridized carbons (Fsp3) is 0.348. The van der Waals surface area contributed by atoms with E-state index in [0.717, 1.165) is 50.2 Å². The number of hydrogen-bond acceptors (Lipinski definition) is 5. The zero-order chi connectivity index (χ0) is 20.8. The maximum absolute atomic E-state index is 13.0. The molecule has 2 aromatic heterocycles. The first-order valence-electron chi connectivity index (χ1n) is 10.5. The first kappa shape index (κ1) is 20.1. The lowest BCUT2D eigenvalue weighted by molar-refractivity contribution is -0.122. The molecule has 3 aromatic rings. The molecule has 1 atom stereocenters. The van der Waals surface area contributed by atoms with Crippen LogP contribution in [0.5, 0.6) is 11.6 Å². The number of hydrogen-bond donors (Lipinski definition) is 1. The maximum atomic E-state index is 13.0. The number of para-hydroxylation sites is 1. The second-order valence-corrected chi connectivity index (χ2v) is 7.48. The van der Waals surface area contributed by atoms with Crippen LogP contribution in [0.25, 0.3) is 0 Å². The summed E-state index contributed by atoms with van der Waals surface area (Å²) in [6.07, 6.45) is 8.61. The van der Waals surface area contributed by atoms with Gasteiger partial charge in [0.2, 0.25) is 11.8 Å². The summed E-state index contributed by atoms with van der Waals surface area (Å²) in [5.74, 6) is 1.23. The van der Waals surface area contributed by atoms with Gasteiger partial charge in [-0.15, -0.1) is 0 Å². The second kappa shape index (κ2) is 9.54. The van der Waals surface area contributed by atoms with Crippen LogP contribution >= 0.6 is 0 Å². The largest absolute Gasteiger partial charge is 0.439 e. The van der Waals surface area contributed by atoms with Crippen molar-refractivity contribution in [3.8, 4) is 11.6 Å². The number of likely N-dealkylation sites (tertiary alicyclic amines) is 1. The van der Waals surface area contributed by atoms with Crippen LogP contribution < -0.4 is 10.1 Å². The Labute approximate surface area is 176 Å². The van der Waals surface area contributed by atoms with Crippen molar-refractivity contribution in [3.63, 3.8) is 0 Å². The number of anilines is 1. The highest BCUT2D eigenvalue weighted by Crippen LogP contribution is 2.23. The first-order valence-corrected chi connectivity index (χ1v) is 10.5. The Morgan fingerprint density at radius 3 is 2.77 bits per heavy atom.